The van der Waals surface area contributed by atoms with Crippen LogP contribution in [0.25, 0.3) is 0 Å². The molecule has 0 bridgehead atoms. The van der Waals surface area contributed by atoms with E-state index in [1.807, 2.05) is 0 Å². The summed E-state index contributed by atoms with van der Waals surface area (Å²) in [5, 5.41) is 0. The molecular weight excluding hydrogens is 689 g/mol. The van der Waals surface area contributed by atoms with Gasteiger partial charge >= 0.3 is 17.4 Å². The van der Waals surface area contributed by atoms with Gasteiger partial charge in [-0.1, -0.05) is 163 Å². The van der Waals surface area contributed by atoms with E-state index in [2.05, 4.69) is 131 Å². The molecule has 0 amide bonds. The molecule has 0 radical (unpaired) electrons. The van der Waals surface area contributed by atoms with Crippen molar-refractivity contribution < 1.29 is 21.2 Å². The van der Waals surface area contributed by atoms with E-state index in [0.717, 1.165) is 18.5 Å². The Morgan fingerprint density at radius 3 is 0.735 bits per heavy atom. The van der Waals surface area contributed by atoms with Crippen LogP contribution in [0.5, 0.6) is 0 Å². The van der Waals surface area contributed by atoms with Crippen LogP contribution in [0, 0.1) is 0 Å². The SMILES string of the molecule is CO[Si](C)(CCCCCCCCC[Si](O[Si](C(C)C)(C(C)C)C(C)C)(O[Si](C(C)C)(C(C)C)C(C)C)O[Si](C(C)C)(C(C)C)C(C)C)OC. The first kappa shape index (κ1) is 49.9. The van der Waals surface area contributed by atoms with E-state index in [4.69, 9.17) is 21.2 Å². The minimum Gasteiger partial charge on any atom is -0.415 e. The highest BCUT2D eigenvalue weighted by Crippen LogP contribution is 2.53. The summed E-state index contributed by atoms with van der Waals surface area (Å²) >= 11 is 0. The maximum absolute atomic E-state index is 8.22. The van der Waals surface area contributed by atoms with E-state index in [-0.39, 0.29) is 0 Å². The van der Waals surface area contributed by atoms with Gasteiger partial charge in [-0.25, -0.2) is 0 Å². The molecule has 0 rings (SSSR count). The van der Waals surface area contributed by atoms with Gasteiger partial charge in [0.05, 0.1) is 0 Å². The van der Waals surface area contributed by atoms with Crippen molar-refractivity contribution in [1.29, 1.82) is 0 Å². The zero-order chi connectivity index (χ0) is 38.6. The second-order valence-electron chi connectivity index (χ2n) is 18.5. The minimum absolute atomic E-state index is 0.481. The first-order valence-electron chi connectivity index (χ1n) is 20.6. The highest BCUT2D eigenvalue weighted by molar-refractivity contribution is 6.94. The van der Waals surface area contributed by atoms with Crippen LogP contribution in [-0.2, 0) is 21.2 Å². The number of hydrogen-bond donors (Lipinski definition) is 0. The molecule has 0 aromatic carbocycles. The average Bonchev–Trinajstić information content (AvgIpc) is 2.98. The highest BCUT2D eigenvalue weighted by atomic mass is 28.5. The summed E-state index contributed by atoms with van der Waals surface area (Å²) in [7, 11) is -8.60. The molecule has 296 valence electrons. The normalized spacial score (nSPS) is 14.6. The Kier molecular flexibility index (Phi) is 22.1. The Labute approximate surface area is 314 Å². The summed E-state index contributed by atoms with van der Waals surface area (Å²) in [5.74, 6) is 0. The van der Waals surface area contributed by atoms with Crippen molar-refractivity contribution in [3.63, 3.8) is 0 Å². The third kappa shape index (κ3) is 12.5. The lowest BCUT2D eigenvalue weighted by Crippen LogP contribution is -2.69. The zero-order valence-electron chi connectivity index (χ0n) is 37.1. The Balaban J connectivity index is 7.08. The first-order valence-corrected chi connectivity index (χ1v) is 31.5. The fourth-order valence-electron chi connectivity index (χ4n) is 10.0. The van der Waals surface area contributed by atoms with E-state index in [0.29, 0.717) is 49.9 Å². The lowest BCUT2D eigenvalue weighted by molar-refractivity contribution is 0.216. The van der Waals surface area contributed by atoms with E-state index >= 15 is 0 Å². The van der Waals surface area contributed by atoms with E-state index < -0.39 is 42.3 Å². The molecule has 0 saturated carbocycles. The van der Waals surface area contributed by atoms with Gasteiger partial charge in [-0.2, -0.15) is 0 Å². The van der Waals surface area contributed by atoms with Crippen LogP contribution in [-0.4, -0.2) is 56.5 Å². The van der Waals surface area contributed by atoms with Crippen LogP contribution in [0.3, 0.4) is 0 Å². The molecule has 0 saturated heterocycles. The second-order valence-corrected chi connectivity index (χ2v) is 41.9. The summed E-state index contributed by atoms with van der Waals surface area (Å²) < 4.78 is 36.1. The number of rotatable bonds is 27. The molecule has 0 N–H and O–H groups in total. The van der Waals surface area contributed by atoms with Crippen LogP contribution in [0.4, 0.5) is 0 Å². The van der Waals surface area contributed by atoms with E-state index in [9.17, 15) is 0 Å². The van der Waals surface area contributed by atoms with Crippen molar-refractivity contribution in [3.8, 4) is 0 Å². The van der Waals surface area contributed by atoms with Crippen LogP contribution >= 0.6 is 0 Å². The average molecular weight is 780 g/mol. The van der Waals surface area contributed by atoms with Crippen LogP contribution < -0.4 is 0 Å². The van der Waals surface area contributed by atoms with Gasteiger partial charge in [0.1, 0.15) is 0 Å². The quantitative estimate of drug-likeness (QED) is 0.0614. The molecule has 0 aliphatic rings. The Morgan fingerprint density at radius 2 is 0.531 bits per heavy atom. The summed E-state index contributed by atoms with van der Waals surface area (Å²) in [4.78, 5) is 0. The number of unbranched alkanes of at least 4 members (excludes halogenated alkanes) is 6. The Morgan fingerprint density at radius 1 is 0.327 bits per heavy atom. The van der Waals surface area contributed by atoms with E-state index in [1.165, 1.54) is 38.5 Å². The van der Waals surface area contributed by atoms with Crippen molar-refractivity contribution in [2.75, 3.05) is 14.2 Å². The molecule has 0 heterocycles. The van der Waals surface area contributed by atoms with Gasteiger partial charge in [0.25, 0.3) is 0 Å². The smallest absolute Gasteiger partial charge is 0.415 e. The highest BCUT2D eigenvalue weighted by Gasteiger charge is 2.63. The molecule has 0 aromatic rings. The molecule has 0 unspecified atom stereocenters. The molecule has 49 heavy (non-hydrogen) atoms. The molecular formula is C39H90O5Si5. The predicted molar refractivity (Wildman–Crippen MR) is 230 cm³/mol. The molecule has 0 aromatic heterocycles. The second kappa shape index (κ2) is 21.7. The zero-order valence-corrected chi connectivity index (χ0v) is 42.1. The summed E-state index contributed by atoms with van der Waals surface area (Å²) in [5.41, 5.74) is 4.33. The largest absolute Gasteiger partial charge is 0.469 e. The molecule has 10 heteroatoms. The molecule has 0 fully saturated rings. The predicted octanol–water partition coefficient (Wildman–Crippen LogP) is 14.6. The third-order valence-electron chi connectivity index (χ3n) is 12.6. The van der Waals surface area contributed by atoms with Crippen LogP contribution in [0.15, 0.2) is 0 Å². The molecule has 0 atom stereocenters. The Bertz CT molecular complexity index is 738. The third-order valence-corrected chi connectivity index (χ3v) is 40.8. The van der Waals surface area contributed by atoms with Gasteiger partial charge in [0, 0.05) is 20.3 Å². The standard InChI is InChI=1S/C39H90O5Si5/c1-31(2)47(32(3)4,33(5)6)42-46(43-48(34(7)8,35(9)10)36(11)12,44-49(37(13)14,38(15)16)39(17)18)30-28-26-24-22-23-25-27-29-45(21,40-19)41-20/h31-39H,22-30H2,1-21H3. The van der Waals surface area contributed by atoms with Gasteiger partial charge in [-0.3, -0.25) is 0 Å². The van der Waals surface area contributed by atoms with Crippen LogP contribution in [0.1, 0.15) is 170 Å². The number of hydrogen-bond acceptors (Lipinski definition) is 5. The molecule has 5 nitrogen and oxygen atoms in total. The van der Waals surface area contributed by atoms with Gasteiger partial charge in [-0.15, -0.1) is 0 Å². The summed E-state index contributed by atoms with van der Waals surface area (Å²) in [6.45, 7) is 46.0. The molecule has 0 aliphatic heterocycles. The maximum Gasteiger partial charge on any atom is 0.469 e. The lowest BCUT2D eigenvalue weighted by atomic mass is 10.1. The van der Waals surface area contributed by atoms with Gasteiger partial charge < -0.3 is 21.2 Å². The van der Waals surface area contributed by atoms with Crippen molar-refractivity contribution in [2.45, 2.75) is 238 Å². The first-order chi connectivity index (χ1) is 22.4. The van der Waals surface area contributed by atoms with Crippen molar-refractivity contribution in [2.24, 2.45) is 0 Å². The van der Waals surface area contributed by atoms with E-state index in [1.54, 1.807) is 14.2 Å². The topological polar surface area (TPSA) is 46.2 Å². The summed E-state index contributed by atoms with van der Waals surface area (Å²) in [6, 6.07) is 2.04. The minimum atomic E-state index is -3.22. The van der Waals surface area contributed by atoms with Gasteiger partial charge in [0.2, 0.25) is 0 Å². The molecule has 0 aliphatic carbocycles. The van der Waals surface area contributed by atoms with Crippen molar-refractivity contribution >= 4 is 42.3 Å². The maximum atomic E-state index is 8.22. The summed E-state index contributed by atoms with van der Waals surface area (Å²) in [6.07, 6.45) is 8.61. The fourth-order valence-corrected chi connectivity index (χ4v) is 42.0. The fraction of sp³-hybridized carbons (Fsp3) is 1.00. The molecule has 0 spiro atoms. The van der Waals surface area contributed by atoms with Crippen molar-refractivity contribution in [3.05, 3.63) is 0 Å². The van der Waals surface area contributed by atoms with Crippen LogP contribution in [0.2, 0.25) is 68.5 Å². The van der Waals surface area contributed by atoms with Gasteiger partial charge in [-0.05, 0) is 68.9 Å². The Hall–Kier alpha value is 0.884. The monoisotopic (exact) mass is 779 g/mol. The lowest BCUT2D eigenvalue weighted by Gasteiger charge is -2.56. The van der Waals surface area contributed by atoms with Crippen molar-refractivity contribution in [1.82, 2.24) is 0 Å². The van der Waals surface area contributed by atoms with Gasteiger partial charge in [0.15, 0.2) is 25.0 Å².